The molecule has 0 aliphatic rings. The summed E-state index contributed by atoms with van der Waals surface area (Å²) in [5.74, 6) is 0. The summed E-state index contributed by atoms with van der Waals surface area (Å²) in [5.41, 5.74) is 1.31. The fraction of sp³-hybridized carbons (Fsp3) is 0.357. The molecule has 0 unspecified atom stereocenters. The summed E-state index contributed by atoms with van der Waals surface area (Å²) < 4.78 is 7.41. The van der Waals surface area contributed by atoms with E-state index in [1.165, 1.54) is 5.56 Å². The van der Waals surface area contributed by atoms with Gasteiger partial charge in [0.25, 0.3) is 6.01 Å². The highest BCUT2D eigenvalue weighted by molar-refractivity contribution is 5.14. The number of aryl methyl sites for hydroxylation is 1. The fourth-order valence-corrected chi connectivity index (χ4v) is 1.68. The van der Waals surface area contributed by atoms with E-state index < -0.39 is 0 Å². The van der Waals surface area contributed by atoms with E-state index in [4.69, 9.17) is 4.74 Å². The topological polar surface area (TPSA) is 39.1 Å². The van der Waals surface area contributed by atoms with E-state index in [0.29, 0.717) is 12.6 Å². The Labute approximate surface area is 108 Å². The van der Waals surface area contributed by atoms with Gasteiger partial charge in [-0.2, -0.15) is 0 Å². The number of nitrogens with zero attached hydrogens (tertiary/aromatic N) is 2. The predicted molar refractivity (Wildman–Crippen MR) is 71.5 cm³/mol. The molecule has 0 saturated heterocycles. The SMILES string of the molecule is Cn1ccnc1OCCCNCc1ccccc1. The van der Waals surface area contributed by atoms with Crippen LogP contribution < -0.4 is 10.1 Å². The van der Waals surface area contributed by atoms with Crippen molar-refractivity contribution in [1.29, 1.82) is 0 Å². The van der Waals surface area contributed by atoms with Crippen LogP contribution in [0.25, 0.3) is 0 Å². The number of aromatic nitrogens is 2. The smallest absolute Gasteiger partial charge is 0.295 e. The van der Waals surface area contributed by atoms with E-state index in [1.54, 1.807) is 6.20 Å². The molecule has 0 fully saturated rings. The van der Waals surface area contributed by atoms with Crippen LogP contribution in [0.15, 0.2) is 42.7 Å². The maximum Gasteiger partial charge on any atom is 0.295 e. The first-order valence-electron chi connectivity index (χ1n) is 6.21. The molecule has 1 N–H and O–H groups in total. The first-order chi connectivity index (χ1) is 8.86. The Morgan fingerprint density at radius 1 is 1.28 bits per heavy atom. The quantitative estimate of drug-likeness (QED) is 0.758. The standard InChI is InChI=1S/C14H19N3O/c1-17-10-9-16-14(17)18-11-5-8-15-12-13-6-3-2-4-7-13/h2-4,6-7,9-10,15H,5,8,11-12H2,1H3. The van der Waals surface area contributed by atoms with Crippen LogP contribution in [-0.2, 0) is 13.6 Å². The third kappa shape index (κ3) is 3.89. The molecule has 2 aromatic rings. The molecule has 0 atom stereocenters. The lowest BCUT2D eigenvalue weighted by molar-refractivity contribution is 0.276. The predicted octanol–water partition coefficient (Wildman–Crippen LogP) is 1.98. The Morgan fingerprint density at radius 3 is 2.83 bits per heavy atom. The lowest BCUT2D eigenvalue weighted by Crippen LogP contribution is -2.17. The zero-order chi connectivity index (χ0) is 12.6. The molecule has 4 nitrogen and oxygen atoms in total. The van der Waals surface area contributed by atoms with Crippen LogP contribution in [-0.4, -0.2) is 22.7 Å². The summed E-state index contributed by atoms with van der Waals surface area (Å²) in [6.45, 7) is 2.54. The second-order valence-electron chi connectivity index (χ2n) is 4.19. The Balaban J connectivity index is 1.56. The second kappa shape index (κ2) is 6.81. The largest absolute Gasteiger partial charge is 0.465 e. The van der Waals surface area contributed by atoms with Crippen LogP contribution in [0.2, 0.25) is 0 Å². The average molecular weight is 245 g/mol. The average Bonchev–Trinajstić information content (AvgIpc) is 2.81. The Bertz CT molecular complexity index is 453. The number of hydrogen-bond acceptors (Lipinski definition) is 3. The van der Waals surface area contributed by atoms with Crippen LogP contribution in [0.4, 0.5) is 0 Å². The van der Waals surface area contributed by atoms with Gasteiger partial charge in [0, 0.05) is 26.0 Å². The van der Waals surface area contributed by atoms with E-state index in [0.717, 1.165) is 19.5 Å². The molecule has 96 valence electrons. The first-order valence-corrected chi connectivity index (χ1v) is 6.21. The first kappa shape index (κ1) is 12.6. The van der Waals surface area contributed by atoms with Crippen molar-refractivity contribution >= 4 is 0 Å². The Hall–Kier alpha value is -1.81. The highest BCUT2D eigenvalue weighted by Crippen LogP contribution is 2.04. The van der Waals surface area contributed by atoms with Crippen molar-refractivity contribution in [2.24, 2.45) is 7.05 Å². The third-order valence-electron chi connectivity index (χ3n) is 2.68. The lowest BCUT2D eigenvalue weighted by atomic mass is 10.2. The molecule has 1 heterocycles. The van der Waals surface area contributed by atoms with Gasteiger partial charge in [-0.05, 0) is 18.5 Å². The summed E-state index contributed by atoms with van der Waals surface area (Å²) in [6, 6.07) is 11.1. The van der Waals surface area contributed by atoms with Crippen LogP contribution in [0.1, 0.15) is 12.0 Å². The van der Waals surface area contributed by atoms with Crippen LogP contribution in [0.5, 0.6) is 6.01 Å². The minimum atomic E-state index is 0.679. The van der Waals surface area contributed by atoms with Crippen molar-refractivity contribution in [3.63, 3.8) is 0 Å². The Kier molecular flexibility index (Phi) is 4.78. The van der Waals surface area contributed by atoms with E-state index in [1.807, 2.05) is 23.9 Å². The zero-order valence-corrected chi connectivity index (χ0v) is 10.7. The van der Waals surface area contributed by atoms with Crippen LogP contribution in [0, 0.1) is 0 Å². The molecular formula is C14H19N3O. The summed E-state index contributed by atoms with van der Waals surface area (Å²) in [4.78, 5) is 4.10. The molecular weight excluding hydrogens is 226 g/mol. The molecule has 0 spiro atoms. The molecule has 0 bridgehead atoms. The van der Waals surface area contributed by atoms with E-state index >= 15 is 0 Å². The molecule has 0 saturated carbocycles. The van der Waals surface area contributed by atoms with E-state index in [2.05, 4.69) is 34.6 Å². The van der Waals surface area contributed by atoms with Gasteiger partial charge < -0.3 is 14.6 Å². The van der Waals surface area contributed by atoms with Crippen molar-refractivity contribution in [3.05, 3.63) is 48.3 Å². The molecule has 0 radical (unpaired) electrons. The van der Waals surface area contributed by atoms with Gasteiger partial charge in [0.1, 0.15) is 0 Å². The van der Waals surface area contributed by atoms with Crippen molar-refractivity contribution < 1.29 is 4.74 Å². The number of benzene rings is 1. The number of imidazole rings is 1. The third-order valence-corrected chi connectivity index (χ3v) is 2.68. The molecule has 4 heteroatoms. The highest BCUT2D eigenvalue weighted by atomic mass is 16.5. The molecule has 1 aromatic heterocycles. The van der Waals surface area contributed by atoms with Crippen molar-refractivity contribution in [3.8, 4) is 6.01 Å². The number of ether oxygens (including phenoxy) is 1. The van der Waals surface area contributed by atoms with Gasteiger partial charge in [0.15, 0.2) is 0 Å². The maximum atomic E-state index is 5.54. The van der Waals surface area contributed by atoms with Crippen molar-refractivity contribution in [1.82, 2.24) is 14.9 Å². The van der Waals surface area contributed by atoms with Gasteiger partial charge in [-0.1, -0.05) is 30.3 Å². The molecule has 0 aliphatic carbocycles. The normalized spacial score (nSPS) is 10.5. The summed E-state index contributed by atoms with van der Waals surface area (Å²) >= 11 is 0. The highest BCUT2D eigenvalue weighted by Gasteiger charge is 1.98. The van der Waals surface area contributed by atoms with Crippen LogP contribution in [0.3, 0.4) is 0 Å². The Morgan fingerprint density at radius 2 is 2.11 bits per heavy atom. The summed E-state index contributed by atoms with van der Waals surface area (Å²) in [6.07, 6.45) is 4.59. The lowest BCUT2D eigenvalue weighted by Gasteiger charge is -2.06. The van der Waals surface area contributed by atoms with Gasteiger partial charge in [0.05, 0.1) is 6.61 Å². The van der Waals surface area contributed by atoms with Gasteiger partial charge in [0.2, 0.25) is 0 Å². The summed E-state index contributed by atoms with van der Waals surface area (Å²) in [5, 5.41) is 3.39. The zero-order valence-electron chi connectivity index (χ0n) is 10.7. The molecule has 0 aliphatic heterocycles. The van der Waals surface area contributed by atoms with E-state index in [-0.39, 0.29) is 0 Å². The summed E-state index contributed by atoms with van der Waals surface area (Å²) in [7, 11) is 1.93. The van der Waals surface area contributed by atoms with Crippen LogP contribution >= 0.6 is 0 Å². The number of nitrogens with one attached hydrogen (secondary N) is 1. The minimum absolute atomic E-state index is 0.679. The number of hydrogen-bond donors (Lipinski definition) is 1. The van der Waals surface area contributed by atoms with Gasteiger partial charge >= 0.3 is 0 Å². The van der Waals surface area contributed by atoms with Gasteiger partial charge in [-0.3, -0.25) is 0 Å². The monoisotopic (exact) mass is 245 g/mol. The van der Waals surface area contributed by atoms with Gasteiger partial charge in [-0.25, -0.2) is 4.98 Å². The minimum Gasteiger partial charge on any atom is -0.465 e. The molecule has 1 aromatic carbocycles. The molecule has 0 amide bonds. The van der Waals surface area contributed by atoms with E-state index in [9.17, 15) is 0 Å². The van der Waals surface area contributed by atoms with Crippen molar-refractivity contribution in [2.75, 3.05) is 13.2 Å². The second-order valence-corrected chi connectivity index (χ2v) is 4.19. The van der Waals surface area contributed by atoms with Gasteiger partial charge in [-0.15, -0.1) is 0 Å². The molecule has 18 heavy (non-hydrogen) atoms. The molecule has 2 rings (SSSR count). The van der Waals surface area contributed by atoms with Crippen molar-refractivity contribution in [2.45, 2.75) is 13.0 Å². The fourth-order valence-electron chi connectivity index (χ4n) is 1.68. The number of rotatable bonds is 7. The maximum absolute atomic E-state index is 5.54.